The Morgan fingerprint density at radius 2 is 2.11 bits per heavy atom. The van der Waals surface area contributed by atoms with Crippen LogP contribution in [0.25, 0.3) is 0 Å². The fourth-order valence-electron chi connectivity index (χ4n) is 0.429. The Balaban J connectivity index is 2.83. The number of rotatable bonds is 4. The van der Waals surface area contributed by atoms with Crippen LogP contribution in [0.1, 0.15) is 12.8 Å². The van der Waals surface area contributed by atoms with Crippen LogP contribution in [0.2, 0.25) is 0 Å². The molecule has 0 amide bonds. The molecule has 0 fully saturated rings. The summed E-state index contributed by atoms with van der Waals surface area (Å²) < 4.78 is 0. The molecular weight excluding hydrogens is 134 g/mol. The van der Waals surface area contributed by atoms with Crippen LogP contribution < -0.4 is 11.5 Å². The van der Waals surface area contributed by atoms with Crippen LogP contribution >= 0.6 is 11.8 Å². The molecule has 0 rings (SSSR count). The van der Waals surface area contributed by atoms with E-state index in [2.05, 4.69) is 0 Å². The summed E-state index contributed by atoms with van der Waals surface area (Å²) in [5.74, 6) is 0.923. The smallest absolute Gasteiger partial charge is 0.151 e. The van der Waals surface area contributed by atoms with Crippen molar-refractivity contribution in [2.75, 3.05) is 12.3 Å². The van der Waals surface area contributed by atoms with Crippen molar-refractivity contribution in [1.29, 1.82) is 5.41 Å². The molecule has 0 aliphatic heterocycles. The Labute approximate surface area is 59.7 Å². The Morgan fingerprint density at radius 3 is 2.56 bits per heavy atom. The standard InChI is InChI=1S/C5H13N3S/c6-3-1-2-4-9-5(7)8/h1-4,6H2,(H3,7,8). The summed E-state index contributed by atoms with van der Waals surface area (Å²) in [6.07, 6.45) is 2.08. The molecule has 0 saturated carbocycles. The van der Waals surface area contributed by atoms with Crippen molar-refractivity contribution in [3.8, 4) is 0 Å². The predicted octanol–water partition coefficient (Wildman–Crippen LogP) is 0.352. The first-order chi connectivity index (χ1) is 4.27. The lowest BCUT2D eigenvalue weighted by Crippen LogP contribution is -2.05. The van der Waals surface area contributed by atoms with E-state index >= 15 is 0 Å². The lowest BCUT2D eigenvalue weighted by atomic mass is 10.3. The van der Waals surface area contributed by atoms with Gasteiger partial charge in [0.1, 0.15) is 0 Å². The minimum absolute atomic E-state index is 0.201. The minimum atomic E-state index is 0.201. The number of nitrogens with one attached hydrogen (secondary N) is 1. The van der Waals surface area contributed by atoms with Gasteiger partial charge in [-0.3, -0.25) is 5.41 Å². The molecule has 0 spiro atoms. The summed E-state index contributed by atoms with van der Waals surface area (Å²) in [4.78, 5) is 0. The average molecular weight is 147 g/mol. The first kappa shape index (κ1) is 8.78. The summed E-state index contributed by atoms with van der Waals surface area (Å²) in [7, 11) is 0. The van der Waals surface area contributed by atoms with Crippen molar-refractivity contribution in [3.63, 3.8) is 0 Å². The van der Waals surface area contributed by atoms with Gasteiger partial charge in [0.2, 0.25) is 0 Å². The second-order valence-corrected chi connectivity index (χ2v) is 2.85. The molecular formula is C5H13N3S. The maximum Gasteiger partial charge on any atom is 0.151 e. The van der Waals surface area contributed by atoms with Crippen LogP contribution in [0.3, 0.4) is 0 Å². The van der Waals surface area contributed by atoms with Crippen LogP contribution in [0.5, 0.6) is 0 Å². The number of hydrogen-bond acceptors (Lipinski definition) is 3. The molecule has 0 aromatic heterocycles. The minimum Gasteiger partial charge on any atom is -0.379 e. The normalized spacial score (nSPS) is 9.44. The molecule has 0 radical (unpaired) electrons. The van der Waals surface area contributed by atoms with Gasteiger partial charge in [0.25, 0.3) is 0 Å². The Bertz CT molecular complexity index is 84.3. The highest BCUT2D eigenvalue weighted by atomic mass is 32.2. The molecule has 5 N–H and O–H groups in total. The number of unbranched alkanes of at least 4 members (excludes halogenated alkanes) is 1. The van der Waals surface area contributed by atoms with Crippen LogP contribution in [-0.2, 0) is 0 Å². The van der Waals surface area contributed by atoms with Gasteiger partial charge < -0.3 is 11.5 Å². The zero-order valence-electron chi connectivity index (χ0n) is 5.39. The first-order valence-electron chi connectivity index (χ1n) is 2.94. The summed E-state index contributed by atoms with van der Waals surface area (Å²) in [5.41, 5.74) is 10.3. The lowest BCUT2D eigenvalue weighted by molar-refractivity contribution is 0.815. The Kier molecular flexibility index (Phi) is 5.76. The van der Waals surface area contributed by atoms with E-state index in [0.29, 0.717) is 0 Å². The maximum absolute atomic E-state index is 6.84. The third-order valence-electron chi connectivity index (χ3n) is 0.856. The van der Waals surface area contributed by atoms with Crippen LogP contribution in [0.15, 0.2) is 0 Å². The van der Waals surface area contributed by atoms with Gasteiger partial charge >= 0.3 is 0 Å². The van der Waals surface area contributed by atoms with Crippen molar-refractivity contribution in [1.82, 2.24) is 0 Å². The number of hydrogen-bond donors (Lipinski definition) is 3. The molecule has 4 heteroatoms. The predicted molar refractivity (Wildman–Crippen MR) is 42.7 cm³/mol. The molecule has 0 saturated heterocycles. The van der Waals surface area contributed by atoms with Gasteiger partial charge in [-0.25, -0.2) is 0 Å². The lowest BCUT2D eigenvalue weighted by Gasteiger charge is -1.95. The summed E-state index contributed by atoms with van der Waals surface area (Å²) in [6.45, 7) is 0.735. The van der Waals surface area contributed by atoms with Gasteiger partial charge in [-0.2, -0.15) is 0 Å². The molecule has 0 aromatic rings. The second-order valence-electron chi connectivity index (χ2n) is 1.71. The molecule has 0 atom stereocenters. The third kappa shape index (κ3) is 7.78. The highest BCUT2D eigenvalue weighted by Crippen LogP contribution is 2.01. The van der Waals surface area contributed by atoms with Crippen molar-refractivity contribution in [2.45, 2.75) is 12.8 Å². The quantitative estimate of drug-likeness (QED) is 0.305. The van der Waals surface area contributed by atoms with E-state index in [1.807, 2.05) is 0 Å². The van der Waals surface area contributed by atoms with E-state index in [0.717, 1.165) is 25.1 Å². The molecule has 54 valence electrons. The van der Waals surface area contributed by atoms with Gasteiger partial charge in [0, 0.05) is 5.75 Å². The second kappa shape index (κ2) is 5.91. The topological polar surface area (TPSA) is 75.9 Å². The van der Waals surface area contributed by atoms with E-state index in [-0.39, 0.29) is 5.17 Å². The van der Waals surface area contributed by atoms with Gasteiger partial charge in [-0.05, 0) is 19.4 Å². The summed E-state index contributed by atoms with van der Waals surface area (Å²) >= 11 is 1.38. The number of amidine groups is 1. The molecule has 9 heavy (non-hydrogen) atoms. The zero-order chi connectivity index (χ0) is 7.11. The summed E-state index contributed by atoms with van der Waals surface area (Å²) in [5, 5.41) is 7.04. The number of thioether (sulfide) groups is 1. The largest absolute Gasteiger partial charge is 0.379 e. The van der Waals surface area contributed by atoms with Crippen molar-refractivity contribution in [2.24, 2.45) is 11.5 Å². The highest BCUT2D eigenvalue weighted by molar-refractivity contribution is 8.13. The molecule has 0 heterocycles. The summed E-state index contributed by atoms with van der Waals surface area (Å²) in [6, 6.07) is 0. The molecule has 0 aliphatic carbocycles. The number of nitrogens with two attached hydrogens (primary N) is 2. The van der Waals surface area contributed by atoms with E-state index in [9.17, 15) is 0 Å². The average Bonchev–Trinajstić information content (AvgIpc) is 1.80. The fourth-order valence-corrected chi connectivity index (χ4v) is 0.997. The van der Waals surface area contributed by atoms with Gasteiger partial charge in [-0.1, -0.05) is 11.8 Å². The van der Waals surface area contributed by atoms with E-state index in [1.165, 1.54) is 11.8 Å². The van der Waals surface area contributed by atoms with Crippen LogP contribution in [0.4, 0.5) is 0 Å². The molecule has 3 nitrogen and oxygen atoms in total. The molecule has 0 unspecified atom stereocenters. The molecule has 0 aromatic carbocycles. The van der Waals surface area contributed by atoms with Crippen molar-refractivity contribution >= 4 is 16.9 Å². The van der Waals surface area contributed by atoms with E-state index < -0.39 is 0 Å². The van der Waals surface area contributed by atoms with Crippen molar-refractivity contribution < 1.29 is 0 Å². The van der Waals surface area contributed by atoms with E-state index in [4.69, 9.17) is 16.9 Å². The Morgan fingerprint density at radius 1 is 1.44 bits per heavy atom. The van der Waals surface area contributed by atoms with E-state index in [1.54, 1.807) is 0 Å². The van der Waals surface area contributed by atoms with Gasteiger partial charge in [0.15, 0.2) is 5.17 Å². The Hall–Kier alpha value is -0.220. The van der Waals surface area contributed by atoms with Crippen LogP contribution in [0, 0.1) is 5.41 Å². The monoisotopic (exact) mass is 147 g/mol. The van der Waals surface area contributed by atoms with Gasteiger partial charge in [-0.15, -0.1) is 0 Å². The highest BCUT2D eigenvalue weighted by Gasteiger charge is 1.89. The fraction of sp³-hybridized carbons (Fsp3) is 0.800. The molecule has 0 aliphatic rings. The zero-order valence-corrected chi connectivity index (χ0v) is 6.21. The first-order valence-corrected chi connectivity index (χ1v) is 3.93. The van der Waals surface area contributed by atoms with Gasteiger partial charge in [0.05, 0.1) is 0 Å². The SMILES string of the molecule is N=C(N)SCCCCN. The van der Waals surface area contributed by atoms with Crippen LogP contribution in [-0.4, -0.2) is 17.5 Å². The van der Waals surface area contributed by atoms with Crippen molar-refractivity contribution in [3.05, 3.63) is 0 Å². The maximum atomic E-state index is 6.84. The molecule has 0 bridgehead atoms. The third-order valence-corrected chi connectivity index (χ3v) is 1.66.